The highest BCUT2D eigenvalue weighted by Gasteiger charge is 2.19. The van der Waals surface area contributed by atoms with Crippen molar-refractivity contribution >= 4 is 11.3 Å². The molecule has 0 aliphatic rings. The van der Waals surface area contributed by atoms with Gasteiger partial charge in [0.25, 0.3) is 0 Å². The molecular formula is C12H21NO2S. The summed E-state index contributed by atoms with van der Waals surface area (Å²) >= 11 is 1.70. The monoisotopic (exact) mass is 243 g/mol. The van der Waals surface area contributed by atoms with Crippen molar-refractivity contribution in [3.05, 3.63) is 22.4 Å². The summed E-state index contributed by atoms with van der Waals surface area (Å²) in [5.41, 5.74) is 6.07. The molecule has 1 aromatic rings. The predicted molar refractivity (Wildman–Crippen MR) is 67.8 cm³/mol. The number of methoxy groups -OCH3 is 1. The third-order valence-corrected chi connectivity index (χ3v) is 3.41. The first-order chi connectivity index (χ1) is 7.79. The van der Waals surface area contributed by atoms with E-state index in [1.807, 2.05) is 6.07 Å². The van der Waals surface area contributed by atoms with Crippen LogP contribution in [0.15, 0.2) is 17.5 Å². The maximum absolute atomic E-state index is 6.07. The fourth-order valence-corrected chi connectivity index (χ4v) is 2.35. The Kier molecular flexibility index (Phi) is 6.64. The molecule has 0 radical (unpaired) electrons. The van der Waals surface area contributed by atoms with Crippen LogP contribution in [0.5, 0.6) is 0 Å². The second-order valence-electron chi connectivity index (χ2n) is 3.73. The van der Waals surface area contributed by atoms with E-state index in [-0.39, 0.29) is 12.1 Å². The topological polar surface area (TPSA) is 44.5 Å². The minimum atomic E-state index is 0.0295. The van der Waals surface area contributed by atoms with E-state index in [1.165, 1.54) is 4.88 Å². The molecule has 4 heteroatoms. The van der Waals surface area contributed by atoms with E-state index >= 15 is 0 Å². The second kappa shape index (κ2) is 7.79. The lowest BCUT2D eigenvalue weighted by Gasteiger charge is -2.22. The molecular weight excluding hydrogens is 222 g/mol. The van der Waals surface area contributed by atoms with Crippen molar-refractivity contribution in [2.24, 2.45) is 5.73 Å². The van der Waals surface area contributed by atoms with Crippen LogP contribution in [0, 0.1) is 0 Å². The molecule has 0 aliphatic carbocycles. The standard InChI is InChI=1S/C12H21NO2S/c1-3-10(13)12(11-6-4-9-16-11)15-8-5-7-14-2/h4,6,9-10,12H,3,5,7-8,13H2,1-2H3. The minimum absolute atomic E-state index is 0.0295. The van der Waals surface area contributed by atoms with Gasteiger partial charge in [-0.15, -0.1) is 11.3 Å². The molecule has 16 heavy (non-hydrogen) atoms. The van der Waals surface area contributed by atoms with Gasteiger partial charge in [0.2, 0.25) is 0 Å². The Bertz CT molecular complexity index is 264. The van der Waals surface area contributed by atoms with Gasteiger partial charge in [-0.2, -0.15) is 0 Å². The Balaban J connectivity index is 2.45. The van der Waals surface area contributed by atoms with Crippen molar-refractivity contribution in [1.82, 2.24) is 0 Å². The zero-order valence-corrected chi connectivity index (χ0v) is 10.8. The highest BCUT2D eigenvalue weighted by molar-refractivity contribution is 7.10. The molecule has 2 unspecified atom stereocenters. The largest absolute Gasteiger partial charge is 0.385 e. The van der Waals surface area contributed by atoms with E-state index in [2.05, 4.69) is 18.4 Å². The molecule has 1 rings (SSSR count). The third-order valence-electron chi connectivity index (χ3n) is 2.47. The number of rotatable bonds is 8. The number of hydrogen-bond acceptors (Lipinski definition) is 4. The summed E-state index contributed by atoms with van der Waals surface area (Å²) in [6, 6.07) is 4.19. The summed E-state index contributed by atoms with van der Waals surface area (Å²) in [5, 5.41) is 2.06. The first-order valence-electron chi connectivity index (χ1n) is 5.69. The van der Waals surface area contributed by atoms with Gasteiger partial charge in [0.1, 0.15) is 6.10 Å². The summed E-state index contributed by atoms with van der Waals surface area (Å²) in [4.78, 5) is 1.21. The number of nitrogens with two attached hydrogens (primary N) is 1. The Morgan fingerprint density at radius 2 is 2.25 bits per heavy atom. The number of ether oxygens (including phenoxy) is 2. The van der Waals surface area contributed by atoms with E-state index in [0.717, 1.165) is 19.4 Å². The van der Waals surface area contributed by atoms with Crippen LogP contribution in [0.25, 0.3) is 0 Å². The summed E-state index contributed by atoms with van der Waals surface area (Å²) in [6.45, 7) is 3.52. The van der Waals surface area contributed by atoms with Crippen molar-refractivity contribution in [3.8, 4) is 0 Å². The molecule has 0 fully saturated rings. The molecule has 3 nitrogen and oxygen atoms in total. The molecule has 1 heterocycles. The highest BCUT2D eigenvalue weighted by Crippen LogP contribution is 2.26. The van der Waals surface area contributed by atoms with Gasteiger partial charge in [0.15, 0.2) is 0 Å². The fourth-order valence-electron chi connectivity index (χ4n) is 1.50. The van der Waals surface area contributed by atoms with Gasteiger partial charge in [-0.3, -0.25) is 0 Å². The summed E-state index contributed by atoms with van der Waals surface area (Å²) in [5.74, 6) is 0. The average molecular weight is 243 g/mol. The van der Waals surface area contributed by atoms with Gasteiger partial charge in [0.05, 0.1) is 0 Å². The summed E-state index contributed by atoms with van der Waals surface area (Å²) in [6.07, 6.45) is 1.86. The molecule has 0 amide bonds. The Morgan fingerprint density at radius 3 is 2.81 bits per heavy atom. The fraction of sp³-hybridized carbons (Fsp3) is 0.667. The zero-order valence-electron chi connectivity index (χ0n) is 10.0. The number of hydrogen-bond donors (Lipinski definition) is 1. The Hall–Kier alpha value is -0.420. The average Bonchev–Trinajstić information content (AvgIpc) is 2.82. The molecule has 0 saturated carbocycles. The van der Waals surface area contributed by atoms with E-state index in [4.69, 9.17) is 15.2 Å². The Labute approximate surface area is 102 Å². The van der Waals surface area contributed by atoms with Gasteiger partial charge in [-0.1, -0.05) is 13.0 Å². The van der Waals surface area contributed by atoms with Crippen molar-refractivity contribution in [3.63, 3.8) is 0 Å². The lowest BCUT2D eigenvalue weighted by atomic mass is 10.1. The van der Waals surface area contributed by atoms with Crippen LogP contribution in [0.3, 0.4) is 0 Å². The zero-order chi connectivity index (χ0) is 11.8. The number of thiophene rings is 1. The maximum atomic E-state index is 6.07. The van der Waals surface area contributed by atoms with Crippen LogP contribution in [0.1, 0.15) is 30.7 Å². The van der Waals surface area contributed by atoms with Gasteiger partial charge < -0.3 is 15.2 Å². The molecule has 0 saturated heterocycles. The van der Waals surface area contributed by atoms with Gasteiger partial charge >= 0.3 is 0 Å². The lowest BCUT2D eigenvalue weighted by Crippen LogP contribution is -2.29. The van der Waals surface area contributed by atoms with E-state index in [1.54, 1.807) is 18.4 Å². The lowest BCUT2D eigenvalue weighted by molar-refractivity contribution is 0.0244. The predicted octanol–water partition coefficient (Wildman–Crippen LogP) is 2.58. The highest BCUT2D eigenvalue weighted by atomic mass is 32.1. The smallest absolute Gasteiger partial charge is 0.107 e. The van der Waals surface area contributed by atoms with Gasteiger partial charge in [-0.05, 0) is 24.3 Å². The van der Waals surface area contributed by atoms with Crippen LogP contribution in [-0.2, 0) is 9.47 Å². The van der Waals surface area contributed by atoms with Gasteiger partial charge in [0, 0.05) is 31.2 Å². The van der Waals surface area contributed by atoms with Crippen LogP contribution in [0.2, 0.25) is 0 Å². The molecule has 2 N–H and O–H groups in total. The quantitative estimate of drug-likeness (QED) is 0.714. The third kappa shape index (κ3) is 4.22. The van der Waals surface area contributed by atoms with E-state index in [9.17, 15) is 0 Å². The molecule has 0 bridgehead atoms. The summed E-state index contributed by atoms with van der Waals surface area (Å²) < 4.78 is 10.8. The summed E-state index contributed by atoms with van der Waals surface area (Å²) in [7, 11) is 1.70. The van der Waals surface area contributed by atoms with Crippen LogP contribution >= 0.6 is 11.3 Å². The van der Waals surface area contributed by atoms with Crippen molar-refractivity contribution in [2.75, 3.05) is 20.3 Å². The first-order valence-corrected chi connectivity index (χ1v) is 6.57. The maximum Gasteiger partial charge on any atom is 0.107 e. The first kappa shape index (κ1) is 13.6. The van der Waals surface area contributed by atoms with Crippen LogP contribution < -0.4 is 5.73 Å². The molecule has 92 valence electrons. The van der Waals surface area contributed by atoms with Crippen molar-refractivity contribution in [1.29, 1.82) is 0 Å². The van der Waals surface area contributed by atoms with Gasteiger partial charge in [-0.25, -0.2) is 0 Å². The van der Waals surface area contributed by atoms with Crippen LogP contribution in [-0.4, -0.2) is 26.4 Å². The molecule has 0 aromatic carbocycles. The van der Waals surface area contributed by atoms with Crippen LogP contribution in [0.4, 0.5) is 0 Å². The Morgan fingerprint density at radius 1 is 1.44 bits per heavy atom. The minimum Gasteiger partial charge on any atom is -0.385 e. The second-order valence-corrected chi connectivity index (χ2v) is 4.70. The van der Waals surface area contributed by atoms with Crippen molar-refractivity contribution < 1.29 is 9.47 Å². The molecule has 0 spiro atoms. The van der Waals surface area contributed by atoms with E-state index < -0.39 is 0 Å². The normalized spacial score (nSPS) is 14.9. The SMILES string of the molecule is CCC(N)C(OCCCOC)c1cccs1. The van der Waals surface area contributed by atoms with Crippen molar-refractivity contribution in [2.45, 2.75) is 31.9 Å². The molecule has 1 aromatic heterocycles. The molecule has 2 atom stereocenters. The van der Waals surface area contributed by atoms with E-state index in [0.29, 0.717) is 6.61 Å². The molecule has 0 aliphatic heterocycles.